The van der Waals surface area contributed by atoms with Gasteiger partial charge in [-0.2, -0.15) is 0 Å². The molecule has 1 heterocycles. The second-order valence-corrected chi connectivity index (χ2v) is 4.86. The number of hydrogen-bond donors (Lipinski definition) is 2. The number of guanidine groups is 1. The van der Waals surface area contributed by atoms with Gasteiger partial charge in [-0.1, -0.05) is 43.7 Å². The van der Waals surface area contributed by atoms with Crippen molar-refractivity contribution in [3.8, 4) is 0 Å². The zero-order chi connectivity index (χ0) is 15.2. The fraction of sp³-hybridized carbons (Fsp3) is 0.400. The lowest BCUT2D eigenvalue weighted by atomic mass is 10.1. The molecule has 0 bridgehead atoms. The lowest BCUT2D eigenvalue weighted by Crippen LogP contribution is -2.41. The van der Waals surface area contributed by atoms with E-state index in [0.29, 0.717) is 12.8 Å². The van der Waals surface area contributed by atoms with Crippen molar-refractivity contribution < 1.29 is 14.3 Å². The number of carbonyl (C=O) groups excluding carboxylic acids is 2. The van der Waals surface area contributed by atoms with E-state index in [1.54, 1.807) is 0 Å². The van der Waals surface area contributed by atoms with Crippen LogP contribution in [0.25, 0.3) is 0 Å². The zero-order valence-electron chi connectivity index (χ0n) is 12.0. The molecule has 1 aromatic carbocycles. The summed E-state index contributed by atoms with van der Waals surface area (Å²) in [5.74, 6) is -0.523. The minimum Gasteiger partial charge on any atom is -0.449 e. The van der Waals surface area contributed by atoms with Gasteiger partial charge < -0.3 is 4.74 Å². The lowest BCUT2D eigenvalue weighted by Gasteiger charge is -2.20. The van der Waals surface area contributed by atoms with Crippen LogP contribution in [0.2, 0.25) is 0 Å². The van der Waals surface area contributed by atoms with Crippen molar-refractivity contribution in [1.82, 2.24) is 10.2 Å². The predicted molar refractivity (Wildman–Crippen MR) is 77.9 cm³/mol. The standard InChI is InChI=1S/C15H19N3O3/c1-2-6-12-13(19)17-14(16)18(12)15(20)21-10-9-11-7-4-3-5-8-11/h3-5,7-8,12H,2,6,9-10H2,1H3,(H2,16,17,19)/t12-/m0/s1. The van der Waals surface area contributed by atoms with Crippen molar-refractivity contribution in [2.75, 3.05) is 6.61 Å². The third kappa shape index (κ3) is 3.59. The smallest absolute Gasteiger partial charge is 0.417 e. The second-order valence-electron chi connectivity index (χ2n) is 4.86. The van der Waals surface area contributed by atoms with E-state index in [1.807, 2.05) is 37.3 Å². The molecular weight excluding hydrogens is 270 g/mol. The van der Waals surface area contributed by atoms with E-state index in [-0.39, 0.29) is 18.5 Å². The molecule has 0 unspecified atom stereocenters. The number of benzene rings is 1. The first-order valence-electron chi connectivity index (χ1n) is 7.02. The molecule has 1 saturated heterocycles. The molecule has 0 aromatic heterocycles. The average Bonchev–Trinajstić information content (AvgIpc) is 2.75. The summed E-state index contributed by atoms with van der Waals surface area (Å²) in [7, 11) is 0. The van der Waals surface area contributed by atoms with Crippen molar-refractivity contribution in [2.24, 2.45) is 0 Å². The molecule has 6 heteroatoms. The van der Waals surface area contributed by atoms with Crippen molar-refractivity contribution >= 4 is 18.0 Å². The quantitative estimate of drug-likeness (QED) is 0.868. The van der Waals surface area contributed by atoms with Gasteiger partial charge in [0.1, 0.15) is 6.04 Å². The number of amides is 2. The van der Waals surface area contributed by atoms with Gasteiger partial charge in [-0.15, -0.1) is 0 Å². The third-order valence-electron chi connectivity index (χ3n) is 3.31. The summed E-state index contributed by atoms with van der Waals surface area (Å²) in [5.41, 5.74) is 1.07. The predicted octanol–water partition coefficient (Wildman–Crippen LogP) is 1.90. The minimum atomic E-state index is -0.646. The number of hydrogen-bond acceptors (Lipinski definition) is 4. The molecule has 0 saturated carbocycles. The summed E-state index contributed by atoms with van der Waals surface area (Å²) in [6, 6.07) is 9.05. The maximum atomic E-state index is 12.0. The van der Waals surface area contributed by atoms with Gasteiger partial charge in [0.05, 0.1) is 6.61 Å². The molecule has 0 spiro atoms. The van der Waals surface area contributed by atoms with Gasteiger partial charge >= 0.3 is 6.09 Å². The van der Waals surface area contributed by atoms with Crippen LogP contribution in [-0.4, -0.2) is 35.5 Å². The molecule has 21 heavy (non-hydrogen) atoms. The van der Waals surface area contributed by atoms with Crippen LogP contribution in [0.1, 0.15) is 25.3 Å². The van der Waals surface area contributed by atoms with Gasteiger partial charge in [0.15, 0.2) is 0 Å². The first-order valence-corrected chi connectivity index (χ1v) is 7.02. The van der Waals surface area contributed by atoms with Gasteiger partial charge in [0.25, 0.3) is 0 Å². The molecule has 1 aliphatic rings. The van der Waals surface area contributed by atoms with E-state index in [4.69, 9.17) is 10.1 Å². The number of nitrogens with one attached hydrogen (secondary N) is 2. The highest BCUT2D eigenvalue weighted by Crippen LogP contribution is 2.15. The average molecular weight is 289 g/mol. The summed E-state index contributed by atoms with van der Waals surface area (Å²) in [6.45, 7) is 2.15. The number of nitrogens with zero attached hydrogens (tertiary/aromatic N) is 1. The Bertz CT molecular complexity index is 530. The molecule has 1 atom stereocenters. The Labute approximate surface area is 123 Å². The summed E-state index contributed by atoms with van der Waals surface area (Å²) in [4.78, 5) is 24.8. The molecule has 0 radical (unpaired) electrons. The van der Waals surface area contributed by atoms with Crippen molar-refractivity contribution in [1.29, 1.82) is 5.41 Å². The Morgan fingerprint density at radius 3 is 2.76 bits per heavy atom. The van der Waals surface area contributed by atoms with Gasteiger partial charge in [-0.3, -0.25) is 15.5 Å². The van der Waals surface area contributed by atoms with Crippen molar-refractivity contribution in [3.05, 3.63) is 35.9 Å². The highest BCUT2D eigenvalue weighted by atomic mass is 16.6. The number of ether oxygens (including phenoxy) is 1. The van der Waals surface area contributed by atoms with Gasteiger partial charge in [-0.05, 0) is 12.0 Å². The van der Waals surface area contributed by atoms with Crippen LogP contribution in [0.5, 0.6) is 0 Å². The highest BCUT2D eigenvalue weighted by molar-refractivity contribution is 6.11. The SMILES string of the molecule is CCC[C@H]1C(=O)NC(=N)N1C(=O)OCCc1ccccc1. The van der Waals surface area contributed by atoms with E-state index >= 15 is 0 Å². The number of carbonyl (C=O) groups is 2. The zero-order valence-corrected chi connectivity index (χ0v) is 12.0. The second kappa shape index (κ2) is 6.88. The third-order valence-corrected chi connectivity index (χ3v) is 3.31. The lowest BCUT2D eigenvalue weighted by molar-refractivity contribution is -0.121. The van der Waals surface area contributed by atoms with Crippen molar-refractivity contribution in [3.63, 3.8) is 0 Å². The molecular formula is C15H19N3O3. The Morgan fingerprint density at radius 1 is 1.38 bits per heavy atom. The van der Waals surface area contributed by atoms with E-state index in [2.05, 4.69) is 5.32 Å². The molecule has 1 aliphatic heterocycles. The van der Waals surface area contributed by atoms with Crippen LogP contribution in [0.4, 0.5) is 4.79 Å². The van der Waals surface area contributed by atoms with E-state index in [0.717, 1.165) is 16.9 Å². The topological polar surface area (TPSA) is 82.5 Å². The first-order chi connectivity index (χ1) is 10.1. The maximum absolute atomic E-state index is 12.0. The Morgan fingerprint density at radius 2 is 2.10 bits per heavy atom. The van der Waals surface area contributed by atoms with Crippen LogP contribution in [0.3, 0.4) is 0 Å². The summed E-state index contributed by atoms with van der Waals surface area (Å²) in [5, 5.41) is 10.0. The fourth-order valence-corrected chi connectivity index (χ4v) is 2.26. The highest BCUT2D eigenvalue weighted by Gasteiger charge is 2.40. The number of rotatable bonds is 5. The van der Waals surface area contributed by atoms with Gasteiger partial charge in [0, 0.05) is 6.42 Å². The Balaban J connectivity index is 1.89. The molecule has 2 amide bonds. The largest absolute Gasteiger partial charge is 0.449 e. The molecule has 1 aromatic rings. The van der Waals surface area contributed by atoms with Gasteiger partial charge in [-0.25, -0.2) is 9.69 Å². The van der Waals surface area contributed by atoms with Crippen LogP contribution in [-0.2, 0) is 16.0 Å². The summed E-state index contributed by atoms with van der Waals surface area (Å²) in [6.07, 6.45) is 1.22. The van der Waals surface area contributed by atoms with Gasteiger partial charge in [0.2, 0.25) is 11.9 Å². The van der Waals surface area contributed by atoms with Crippen LogP contribution in [0, 0.1) is 5.41 Å². The molecule has 2 rings (SSSR count). The molecule has 0 aliphatic carbocycles. The van der Waals surface area contributed by atoms with Crippen LogP contribution < -0.4 is 5.32 Å². The van der Waals surface area contributed by atoms with Crippen LogP contribution in [0.15, 0.2) is 30.3 Å². The molecule has 112 valence electrons. The first kappa shape index (κ1) is 15.0. The fourth-order valence-electron chi connectivity index (χ4n) is 2.26. The maximum Gasteiger partial charge on any atom is 0.417 e. The van der Waals surface area contributed by atoms with E-state index in [9.17, 15) is 9.59 Å². The van der Waals surface area contributed by atoms with E-state index in [1.165, 1.54) is 0 Å². The van der Waals surface area contributed by atoms with Crippen molar-refractivity contribution in [2.45, 2.75) is 32.2 Å². The summed E-state index contributed by atoms with van der Waals surface area (Å²) < 4.78 is 5.18. The Hall–Kier alpha value is -2.37. The van der Waals surface area contributed by atoms with E-state index < -0.39 is 12.1 Å². The monoisotopic (exact) mass is 289 g/mol. The molecule has 2 N–H and O–H groups in total. The summed E-state index contributed by atoms with van der Waals surface area (Å²) >= 11 is 0. The minimum absolute atomic E-state index is 0.205. The molecule has 1 fully saturated rings. The molecule has 6 nitrogen and oxygen atoms in total. The Kier molecular flexibility index (Phi) is 4.92. The van der Waals surface area contributed by atoms with Crippen LogP contribution >= 0.6 is 0 Å². The normalized spacial score (nSPS) is 17.8.